The van der Waals surface area contributed by atoms with Crippen LogP contribution in [0.15, 0.2) is 0 Å². The van der Waals surface area contributed by atoms with Gasteiger partial charge in [0.15, 0.2) is 0 Å². The molecule has 2 saturated heterocycles. The van der Waals surface area contributed by atoms with Gasteiger partial charge in [0.2, 0.25) is 0 Å². The summed E-state index contributed by atoms with van der Waals surface area (Å²) in [6.45, 7) is 18.7. The summed E-state index contributed by atoms with van der Waals surface area (Å²) in [6, 6.07) is 0. The molecule has 0 aromatic heterocycles. The average molecular weight is 427 g/mol. The van der Waals surface area contributed by atoms with Crippen molar-refractivity contribution in [2.45, 2.75) is 114 Å². The summed E-state index contributed by atoms with van der Waals surface area (Å²) in [6.07, 6.45) is 11.2. The Morgan fingerprint density at radius 3 is 0.893 bits per heavy atom. The summed E-state index contributed by atoms with van der Waals surface area (Å²) >= 11 is 2.41. The molecule has 2 heterocycles. The summed E-state index contributed by atoms with van der Waals surface area (Å²) in [5.74, 6) is 0. The van der Waals surface area contributed by atoms with Crippen LogP contribution in [0.2, 0.25) is 21.1 Å². The minimum Gasteiger partial charge on any atom is -0.306 e. The number of hydrogen-bond acceptors (Lipinski definition) is 2. The van der Waals surface area contributed by atoms with Crippen molar-refractivity contribution in [2.24, 2.45) is 0 Å². The number of likely N-dealkylation sites (tertiary alicyclic amines) is 2. The third-order valence-corrected chi connectivity index (χ3v) is 8.86. The van der Waals surface area contributed by atoms with Crippen molar-refractivity contribution in [2.75, 3.05) is 40.3 Å². The minimum absolute atomic E-state index is 0.171. The van der Waals surface area contributed by atoms with E-state index < -0.39 is 0 Å². The number of unbranched alkanes of at least 4 members (excludes halogenated alkanes) is 1. The molecule has 2 radical (unpaired) electrons. The van der Waals surface area contributed by atoms with E-state index in [1.165, 1.54) is 98.7 Å². The van der Waals surface area contributed by atoms with Crippen LogP contribution in [0.1, 0.15) is 92.9 Å². The quantitative estimate of drug-likeness (QED) is 0.441. The lowest BCUT2D eigenvalue weighted by Gasteiger charge is -2.20. The Morgan fingerprint density at radius 1 is 0.571 bits per heavy atom. The van der Waals surface area contributed by atoms with Crippen molar-refractivity contribution >= 4 is 30.4 Å². The SMILES string of the molecule is CCCC.CN1CCCCC1.CN1CCCCC1.C[CH2][Al].C[CH2][Al]([CH2]C)[CH2]C. The molecule has 2 fully saturated rings. The standard InChI is InChI=1S/2C6H13N.C4H10.4C2H5.2Al/c2*1-7-5-3-2-4-6-7;1-3-4-2;4*1-2;;/h2*2-6H2,1H3;3-4H2,1-2H3;4*1H2,2H3;;. The predicted molar refractivity (Wildman–Crippen MR) is 137 cm³/mol. The smallest absolute Gasteiger partial charge is 0.261 e. The van der Waals surface area contributed by atoms with Crippen molar-refractivity contribution in [1.29, 1.82) is 0 Å². The van der Waals surface area contributed by atoms with Gasteiger partial charge in [0.25, 0.3) is 14.1 Å². The van der Waals surface area contributed by atoms with Crippen molar-refractivity contribution in [3.8, 4) is 0 Å². The first-order chi connectivity index (χ1) is 13.5. The van der Waals surface area contributed by atoms with Crippen LogP contribution in [-0.2, 0) is 0 Å². The number of rotatable bonds is 4. The number of hydrogen-bond donors (Lipinski definition) is 0. The summed E-state index contributed by atoms with van der Waals surface area (Å²) in [5.41, 5.74) is 0. The summed E-state index contributed by atoms with van der Waals surface area (Å²) in [5, 5.41) is 5.65. The molecule has 168 valence electrons. The van der Waals surface area contributed by atoms with Crippen molar-refractivity contribution in [3.05, 3.63) is 0 Å². The van der Waals surface area contributed by atoms with Gasteiger partial charge in [-0.05, 0) is 66.0 Å². The molecule has 2 aliphatic rings. The van der Waals surface area contributed by atoms with Gasteiger partial charge in [-0.25, -0.2) is 0 Å². The van der Waals surface area contributed by atoms with Gasteiger partial charge < -0.3 is 9.80 Å². The molecule has 0 aromatic rings. The highest BCUT2D eigenvalue weighted by Crippen LogP contribution is 2.05. The molecule has 2 aliphatic heterocycles. The van der Waals surface area contributed by atoms with E-state index in [9.17, 15) is 0 Å². The largest absolute Gasteiger partial charge is 0.306 e. The maximum absolute atomic E-state index is 2.58. The Hall–Kier alpha value is 0.985. The lowest BCUT2D eigenvalue weighted by atomic mass is 10.1. The minimum atomic E-state index is -0.171. The molecule has 4 heteroatoms. The fraction of sp³-hybridized carbons (Fsp3) is 1.00. The van der Waals surface area contributed by atoms with Crippen molar-refractivity contribution in [3.63, 3.8) is 0 Å². The zero-order valence-electron chi connectivity index (χ0n) is 21.4. The van der Waals surface area contributed by atoms with Gasteiger partial charge in [-0.3, -0.25) is 0 Å². The Balaban J connectivity index is -0.000000289. The van der Waals surface area contributed by atoms with E-state index >= 15 is 0 Å². The van der Waals surface area contributed by atoms with Crippen LogP contribution in [0.4, 0.5) is 0 Å². The van der Waals surface area contributed by atoms with Gasteiger partial charge in [-0.15, -0.1) is 5.28 Å². The molecule has 0 spiro atoms. The molecular weight excluding hydrogens is 370 g/mol. The van der Waals surface area contributed by atoms with Crippen LogP contribution in [0, 0.1) is 0 Å². The zero-order chi connectivity index (χ0) is 22.0. The molecule has 0 atom stereocenters. The van der Waals surface area contributed by atoms with Crippen molar-refractivity contribution < 1.29 is 0 Å². The van der Waals surface area contributed by atoms with E-state index in [2.05, 4.69) is 81.7 Å². The van der Waals surface area contributed by atoms with E-state index in [1.54, 1.807) is 0 Å². The summed E-state index contributed by atoms with van der Waals surface area (Å²) in [4.78, 5) is 4.78. The maximum atomic E-state index is 2.58. The van der Waals surface area contributed by atoms with E-state index in [1.807, 2.05) is 0 Å². The Bertz CT molecular complexity index is 213. The van der Waals surface area contributed by atoms with E-state index in [0.29, 0.717) is 0 Å². The molecule has 0 saturated carbocycles. The molecule has 2 nitrogen and oxygen atoms in total. The van der Waals surface area contributed by atoms with Gasteiger partial charge in [0.05, 0.1) is 0 Å². The molecule has 0 unspecified atom stereocenters. The predicted octanol–water partition coefficient (Wildman–Crippen LogP) is 7.14. The fourth-order valence-electron chi connectivity index (χ4n) is 2.97. The molecule has 0 bridgehead atoms. The molecule has 0 aliphatic carbocycles. The van der Waals surface area contributed by atoms with Crippen molar-refractivity contribution in [1.82, 2.24) is 9.80 Å². The maximum Gasteiger partial charge on any atom is 0.261 e. The monoisotopic (exact) mass is 426 g/mol. The highest BCUT2D eigenvalue weighted by atomic mass is 27.2. The van der Waals surface area contributed by atoms with Gasteiger partial charge >= 0.3 is 0 Å². The highest BCUT2D eigenvalue weighted by molar-refractivity contribution is 6.58. The Labute approximate surface area is 194 Å². The van der Waals surface area contributed by atoms with Crippen LogP contribution < -0.4 is 0 Å². The van der Waals surface area contributed by atoms with Crippen LogP contribution in [-0.4, -0.2) is 80.5 Å². The van der Waals surface area contributed by atoms with E-state index in [-0.39, 0.29) is 14.1 Å². The van der Waals surface area contributed by atoms with Gasteiger partial charge in [0.1, 0.15) is 16.3 Å². The average Bonchev–Trinajstić information content (AvgIpc) is 2.72. The third-order valence-electron chi connectivity index (χ3n) is 5.39. The van der Waals surface area contributed by atoms with Gasteiger partial charge in [-0.1, -0.05) is 83.1 Å². The summed E-state index contributed by atoms with van der Waals surface area (Å²) < 4.78 is 0. The van der Waals surface area contributed by atoms with Gasteiger partial charge in [-0.2, -0.15) is 0 Å². The topological polar surface area (TPSA) is 6.48 Å². The van der Waals surface area contributed by atoms with Crippen LogP contribution >= 0.6 is 0 Å². The highest BCUT2D eigenvalue weighted by Gasteiger charge is 2.06. The van der Waals surface area contributed by atoms with E-state index in [0.717, 1.165) is 0 Å². The fourth-order valence-corrected chi connectivity index (χ4v) is 4.70. The van der Waals surface area contributed by atoms with Crippen LogP contribution in [0.25, 0.3) is 0 Å². The number of piperidine rings is 2. The zero-order valence-corrected chi connectivity index (χ0v) is 23.7. The van der Waals surface area contributed by atoms with Crippen LogP contribution in [0.3, 0.4) is 0 Å². The molecule has 0 aromatic carbocycles. The molecule has 28 heavy (non-hydrogen) atoms. The first kappa shape index (κ1) is 33.6. The first-order valence-electron chi connectivity index (χ1n) is 12.5. The number of nitrogens with zero attached hydrogens (tertiary/aromatic N) is 2. The molecule has 2 rings (SSSR count). The second-order valence-corrected chi connectivity index (χ2v) is 13.2. The summed E-state index contributed by atoms with van der Waals surface area (Å²) in [7, 11) is 4.39. The lowest BCUT2D eigenvalue weighted by Crippen LogP contribution is -2.24. The molecule has 0 amide bonds. The van der Waals surface area contributed by atoms with Crippen LogP contribution in [0.5, 0.6) is 0 Å². The lowest BCUT2D eigenvalue weighted by molar-refractivity contribution is 0.277. The van der Waals surface area contributed by atoms with Gasteiger partial charge in [0, 0.05) is 0 Å². The Morgan fingerprint density at radius 2 is 0.821 bits per heavy atom. The normalized spacial score (nSPS) is 16.6. The molecular formula is C24H56Al2N2. The Kier molecular flexibility index (Phi) is 36.2. The second-order valence-electron chi connectivity index (χ2n) is 8.23. The third kappa shape index (κ3) is 31.7. The van der Waals surface area contributed by atoms with E-state index in [4.69, 9.17) is 0 Å². The first-order valence-corrected chi connectivity index (χ1v) is 15.8. The second kappa shape index (κ2) is 30.2. The molecule has 0 N–H and O–H groups in total.